The van der Waals surface area contributed by atoms with Gasteiger partial charge in [-0.3, -0.25) is 4.79 Å². The minimum atomic E-state index is 0.0557. The molecule has 4 nitrogen and oxygen atoms in total. The fourth-order valence-corrected chi connectivity index (χ4v) is 2.86. The summed E-state index contributed by atoms with van der Waals surface area (Å²) in [7, 11) is 1.64. The van der Waals surface area contributed by atoms with Gasteiger partial charge in [0.1, 0.15) is 0 Å². The van der Waals surface area contributed by atoms with Crippen LogP contribution in [0.5, 0.6) is 0 Å². The van der Waals surface area contributed by atoms with Gasteiger partial charge in [-0.25, -0.2) is 0 Å². The molecule has 0 aromatic rings. The lowest BCUT2D eigenvalue weighted by Crippen LogP contribution is -2.44. The Morgan fingerprint density at radius 2 is 2.44 bits per heavy atom. The molecule has 2 N–H and O–H groups in total. The Kier molecular flexibility index (Phi) is 6.84. The molecule has 2 unspecified atom stereocenters. The topological polar surface area (TPSA) is 50.4 Å². The summed E-state index contributed by atoms with van der Waals surface area (Å²) in [5.41, 5.74) is 0. The van der Waals surface area contributed by atoms with E-state index in [-0.39, 0.29) is 11.9 Å². The molecule has 1 rings (SSSR count). The molecule has 1 saturated heterocycles. The molecule has 16 heavy (non-hydrogen) atoms. The van der Waals surface area contributed by atoms with Gasteiger partial charge in [0.05, 0.1) is 13.2 Å². The summed E-state index contributed by atoms with van der Waals surface area (Å²) in [6.45, 7) is 2.92. The largest absolute Gasteiger partial charge is 0.383 e. The summed E-state index contributed by atoms with van der Waals surface area (Å²) < 4.78 is 4.96. The predicted octanol–water partition coefficient (Wildman–Crippen LogP) is 0.623. The highest BCUT2D eigenvalue weighted by molar-refractivity contribution is 7.99. The SMILES string of the molecule is COCC(C)NC(=O)CNC1CCCSC1. The average molecular weight is 246 g/mol. The number of thioether (sulfide) groups is 1. The first-order valence-electron chi connectivity index (χ1n) is 5.81. The van der Waals surface area contributed by atoms with Crippen LogP contribution in [0.3, 0.4) is 0 Å². The van der Waals surface area contributed by atoms with Crippen molar-refractivity contribution in [2.24, 2.45) is 0 Å². The van der Waals surface area contributed by atoms with Crippen LogP contribution in [0.1, 0.15) is 19.8 Å². The number of methoxy groups -OCH3 is 1. The third-order valence-corrected chi connectivity index (χ3v) is 3.75. The van der Waals surface area contributed by atoms with Crippen molar-refractivity contribution in [3.8, 4) is 0 Å². The number of nitrogens with one attached hydrogen (secondary N) is 2. The first-order chi connectivity index (χ1) is 7.72. The zero-order valence-electron chi connectivity index (χ0n) is 10.1. The highest BCUT2D eigenvalue weighted by Gasteiger charge is 2.14. The normalized spacial score (nSPS) is 22.8. The van der Waals surface area contributed by atoms with Gasteiger partial charge in [-0.2, -0.15) is 11.8 Å². The molecule has 0 radical (unpaired) electrons. The van der Waals surface area contributed by atoms with Gasteiger partial charge in [0.15, 0.2) is 0 Å². The van der Waals surface area contributed by atoms with E-state index in [0.717, 1.165) is 5.75 Å². The number of amides is 1. The van der Waals surface area contributed by atoms with Crippen molar-refractivity contribution < 1.29 is 9.53 Å². The summed E-state index contributed by atoms with van der Waals surface area (Å²) in [5.74, 6) is 2.44. The van der Waals surface area contributed by atoms with Crippen molar-refractivity contribution in [1.82, 2.24) is 10.6 Å². The molecule has 1 amide bonds. The average Bonchev–Trinajstić information content (AvgIpc) is 2.28. The van der Waals surface area contributed by atoms with Gasteiger partial charge in [-0.15, -0.1) is 0 Å². The van der Waals surface area contributed by atoms with E-state index < -0.39 is 0 Å². The third kappa shape index (κ3) is 5.72. The molecule has 0 saturated carbocycles. The smallest absolute Gasteiger partial charge is 0.234 e. The number of carbonyl (C=O) groups is 1. The fourth-order valence-electron chi connectivity index (χ4n) is 1.76. The lowest BCUT2D eigenvalue weighted by molar-refractivity contribution is -0.121. The van der Waals surface area contributed by atoms with Crippen LogP contribution in [0.2, 0.25) is 0 Å². The van der Waals surface area contributed by atoms with Crippen molar-refractivity contribution in [2.45, 2.75) is 31.8 Å². The van der Waals surface area contributed by atoms with Crippen LogP contribution in [0.25, 0.3) is 0 Å². The van der Waals surface area contributed by atoms with Gasteiger partial charge in [0.25, 0.3) is 0 Å². The van der Waals surface area contributed by atoms with Crippen molar-refractivity contribution in [3.63, 3.8) is 0 Å². The maximum Gasteiger partial charge on any atom is 0.234 e. The Labute approximate surface area is 102 Å². The Hall–Kier alpha value is -0.260. The minimum Gasteiger partial charge on any atom is -0.383 e. The van der Waals surface area contributed by atoms with Gasteiger partial charge in [0, 0.05) is 24.9 Å². The standard InChI is InChI=1S/C11H22N2O2S/c1-9(7-15-2)13-11(14)6-12-10-4-3-5-16-8-10/h9-10,12H,3-8H2,1-2H3,(H,13,14). The second kappa shape index (κ2) is 7.92. The second-order valence-corrected chi connectivity index (χ2v) is 5.37. The lowest BCUT2D eigenvalue weighted by atomic mass is 10.2. The van der Waals surface area contributed by atoms with Crippen LogP contribution in [0, 0.1) is 0 Å². The van der Waals surface area contributed by atoms with Gasteiger partial charge in [-0.1, -0.05) is 0 Å². The first kappa shape index (κ1) is 13.8. The highest BCUT2D eigenvalue weighted by Crippen LogP contribution is 2.16. The van der Waals surface area contributed by atoms with E-state index >= 15 is 0 Å². The molecule has 1 heterocycles. The molecule has 5 heteroatoms. The molecular formula is C11H22N2O2S. The second-order valence-electron chi connectivity index (χ2n) is 4.22. The maximum absolute atomic E-state index is 11.5. The van der Waals surface area contributed by atoms with Crippen molar-refractivity contribution >= 4 is 17.7 Å². The number of ether oxygens (including phenoxy) is 1. The number of carbonyl (C=O) groups excluding carboxylic acids is 1. The van der Waals surface area contributed by atoms with E-state index in [9.17, 15) is 4.79 Å². The van der Waals surface area contributed by atoms with Crippen LogP contribution in [0.4, 0.5) is 0 Å². The number of rotatable bonds is 6. The zero-order valence-corrected chi connectivity index (χ0v) is 10.9. The molecule has 0 aromatic heterocycles. The van der Waals surface area contributed by atoms with Crippen LogP contribution >= 0.6 is 11.8 Å². The number of hydrogen-bond acceptors (Lipinski definition) is 4. The van der Waals surface area contributed by atoms with E-state index in [1.165, 1.54) is 18.6 Å². The molecule has 1 aliphatic heterocycles. The van der Waals surface area contributed by atoms with Crippen LogP contribution in [-0.2, 0) is 9.53 Å². The Bertz CT molecular complexity index is 208. The Morgan fingerprint density at radius 1 is 1.62 bits per heavy atom. The molecule has 0 aliphatic carbocycles. The quantitative estimate of drug-likeness (QED) is 0.721. The zero-order chi connectivity index (χ0) is 11.8. The van der Waals surface area contributed by atoms with Crippen LogP contribution in [-0.4, -0.2) is 49.8 Å². The van der Waals surface area contributed by atoms with Crippen molar-refractivity contribution in [2.75, 3.05) is 31.8 Å². The molecule has 2 atom stereocenters. The summed E-state index contributed by atoms with van der Waals surface area (Å²) >= 11 is 1.96. The summed E-state index contributed by atoms with van der Waals surface area (Å²) in [6.07, 6.45) is 2.44. The van der Waals surface area contributed by atoms with E-state index in [4.69, 9.17) is 4.74 Å². The molecular weight excluding hydrogens is 224 g/mol. The summed E-state index contributed by atoms with van der Waals surface area (Å²) in [4.78, 5) is 11.5. The van der Waals surface area contributed by atoms with Crippen molar-refractivity contribution in [3.05, 3.63) is 0 Å². The number of hydrogen-bond donors (Lipinski definition) is 2. The summed E-state index contributed by atoms with van der Waals surface area (Å²) in [5, 5.41) is 6.18. The Morgan fingerprint density at radius 3 is 3.06 bits per heavy atom. The third-order valence-electron chi connectivity index (χ3n) is 2.54. The van der Waals surface area contributed by atoms with Gasteiger partial charge in [-0.05, 0) is 25.5 Å². The van der Waals surface area contributed by atoms with E-state index in [0.29, 0.717) is 19.2 Å². The molecule has 94 valence electrons. The predicted molar refractivity (Wildman–Crippen MR) is 67.8 cm³/mol. The first-order valence-corrected chi connectivity index (χ1v) is 6.97. The minimum absolute atomic E-state index is 0.0557. The van der Waals surface area contributed by atoms with E-state index in [1.807, 2.05) is 18.7 Å². The molecule has 0 spiro atoms. The van der Waals surface area contributed by atoms with Gasteiger partial charge in [0.2, 0.25) is 5.91 Å². The van der Waals surface area contributed by atoms with E-state index in [1.54, 1.807) is 7.11 Å². The van der Waals surface area contributed by atoms with Gasteiger partial charge >= 0.3 is 0 Å². The maximum atomic E-state index is 11.5. The van der Waals surface area contributed by atoms with Crippen LogP contribution in [0.15, 0.2) is 0 Å². The fraction of sp³-hybridized carbons (Fsp3) is 0.909. The molecule has 1 fully saturated rings. The molecule has 0 bridgehead atoms. The van der Waals surface area contributed by atoms with Crippen LogP contribution < -0.4 is 10.6 Å². The lowest BCUT2D eigenvalue weighted by Gasteiger charge is -2.22. The van der Waals surface area contributed by atoms with Crippen molar-refractivity contribution in [1.29, 1.82) is 0 Å². The summed E-state index contributed by atoms with van der Waals surface area (Å²) in [6, 6.07) is 0.585. The Balaban J connectivity index is 2.09. The van der Waals surface area contributed by atoms with Gasteiger partial charge < -0.3 is 15.4 Å². The highest BCUT2D eigenvalue weighted by atomic mass is 32.2. The molecule has 1 aliphatic rings. The van der Waals surface area contributed by atoms with E-state index in [2.05, 4.69) is 10.6 Å². The molecule has 0 aromatic carbocycles. The monoisotopic (exact) mass is 246 g/mol.